The number of carbonyl (C=O) groups excluding carboxylic acids is 1. The number of carbonyl (C=O) groups is 2. The summed E-state index contributed by atoms with van der Waals surface area (Å²) in [7, 11) is 0. The van der Waals surface area contributed by atoms with Gasteiger partial charge in [-0.15, -0.1) is 11.8 Å². The maximum Gasteiger partial charge on any atom is 0.303 e. The second-order valence-electron chi connectivity index (χ2n) is 3.05. The van der Waals surface area contributed by atoms with Gasteiger partial charge in [-0.2, -0.15) is 5.26 Å². The average molecular weight is 230 g/mol. The first-order valence-electron chi connectivity index (χ1n) is 4.52. The van der Waals surface area contributed by atoms with Gasteiger partial charge in [0.1, 0.15) is 0 Å². The van der Waals surface area contributed by atoms with Gasteiger partial charge in [-0.3, -0.25) is 9.59 Å². The third-order valence-corrected chi connectivity index (χ3v) is 2.40. The first kappa shape index (κ1) is 13.8. The zero-order valence-electron chi connectivity index (χ0n) is 8.52. The van der Waals surface area contributed by atoms with Crippen LogP contribution in [0.1, 0.15) is 19.8 Å². The van der Waals surface area contributed by atoms with Gasteiger partial charge >= 0.3 is 5.97 Å². The van der Waals surface area contributed by atoms with Crippen LogP contribution in [0.5, 0.6) is 0 Å². The van der Waals surface area contributed by atoms with Crippen LogP contribution in [-0.4, -0.2) is 34.5 Å². The Hall–Kier alpha value is -1.22. The molecule has 1 unspecified atom stereocenters. The van der Waals surface area contributed by atoms with E-state index in [0.29, 0.717) is 6.42 Å². The third-order valence-electron chi connectivity index (χ3n) is 1.60. The van der Waals surface area contributed by atoms with E-state index >= 15 is 0 Å². The standard InChI is InChI=1S/C9H14N2O3S/c1-7(2-3-9(13)14)11-8(12)6-15-5-4-10/h7H,2-3,5-6H2,1H3,(H,11,12)(H,13,14). The second kappa shape index (κ2) is 8.12. The van der Waals surface area contributed by atoms with E-state index in [2.05, 4.69) is 5.32 Å². The van der Waals surface area contributed by atoms with E-state index in [0.717, 1.165) is 0 Å². The van der Waals surface area contributed by atoms with E-state index in [1.807, 2.05) is 6.07 Å². The van der Waals surface area contributed by atoms with Crippen molar-refractivity contribution in [3.63, 3.8) is 0 Å². The van der Waals surface area contributed by atoms with Crippen LogP contribution in [0.4, 0.5) is 0 Å². The average Bonchev–Trinajstić information content (AvgIpc) is 2.15. The highest BCUT2D eigenvalue weighted by atomic mass is 32.2. The lowest BCUT2D eigenvalue weighted by Gasteiger charge is -2.11. The van der Waals surface area contributed by atoms with E-state index < -0.39 is 5.97 Å². The molecular formula is C9H14N2O3S. The van der Waals surface area contributed by atoms with E-state index in [1.54, 1.807) is 6.92 Å². The molecule has 0 saturated carbocycles. The number of carboxylic acid groups (broad SMARTS) is 1. The van der Waals surface area contributed by atoms with Crippen LogP contribution in [0, 0.1) is 11.3 Å². The van der Waals surface area contributed by atoms with Crippen LogP contribution in [0.15, 0.2) is 0 Å². The smallest absolute Gasteiger partial charge is 0.303 e. The summed E-state index contributed by atoms with van der Waals surface area (Å²) in [6, 6.07) is 1.78. The molecule has 0 aliphatic carbocycles. The molecule has 0 aromatic rings. The fraction of sp³-hybridized carbons (Fsp3) is 0.667. The number of hydrogen-bond donors (Lipinski definition) is 2. The van der Waals surface area contributed by atoms with Crippen molar-refractivity contribution in [3.8, 4) is 6.07 Å². The predicted molar refractivity (Wildman–Crippen MR) is 57.4 cm³/mol. The Morgan fingerprint density at radius 1 is 1.60 bits per heavy atom. The van der Waals surface area contributed by atoms with Gasteiger partial charge in [-0.1, -0.05) is 0 Å². The van der Waals surface area contributed by atoms with Crippen LogP contribution in [0.25, 0.3) is 0 Å². The van der Waals surface area contributed by atoms with Crippen LogP contribution in [0.3, 0.4) is 0 Å². The normalized spacial score (nSPS) is 11.5. The molecule has 0 saturated heterocycles. The quantitative estimate of drug-likeness (QED) is 0.625. The fourth-order valence-corrected chi connectivity index (χ4v) is 1.38. The molecule has 6 heteroatoms. The Labute approximate surface area is 92.8 Å². The lowest BCUT2D eigenvalue weighted by molar-refractivity contribution is -0.137. The van der Waals surface area contributed by atoms with Crippen LogP contribution < -0.4 is 5.32 Å². The lowest BCUT2D eigenvalue weighted by Crippen LogP contribution is -2.34. The molecule has 0 bridgehead atoms. The SMILES string of the molecule is CC(CCC(=O)O)NC(=O)CSCC#N. The Morgan fingerprint density at radius 2 is 2.27 bits per heavy atom. The van der Waals surface area contributed by atoms with Gasteiger partial charge in [-0.25, -0.2) is 0 Å². The number of thioether (sulfide) groups is 1. The highest BCUT2D eigenvalue weighted by Gasteiger charge is 2.08. The van der Waals surface area contributed by atoms with Crippen molar-refractivity contribution in [2.45, 2.75) is 25.8 Å². The number of amides is 1. The molecule has 5 nitrogen and oxygen atoms in total. The Bertz CT molecular complexity index is 263. The van der Waals surface area contributed by atoms with Crippen molar-refractivity contribution >= 4 is 23.6 Å². The molecule has 15 heavy (non-hydrogen) atoms. The lowest BCUT2D eigenvalue weighted by atomic mass is 10.2. The first-order valence-corrected chi connectivity index (χ1v) is 5.67. The van der Waals surface area contributed by atoms with Crippen molar-refractivity contribution in [1.82, 2.24) is 5.32 Å². The molecule has 0 rings (SSSR count). The summed E-state index contributed by atoms with van der Waals surface area (Å²) >= 11 is 1.24. The minimum Gasteiger partial charge on any atom is -0.481 e. The van der Waals surface area contributed by atoms with Crippen molar-refractivity contribution < 1.29 is 14.7 Å². The highest BCUT2D eigenvalue weighted by Crippen LogP contribution is 2.00. The zero-order valence-corrected chi connectivity index (χ0v) is 9.34. The van der Waals surface area contributed by atoms with Crippen LogP contribution in [-0.2, 0) is 9.59 Å². The molecular weight excluding hydrogens is 216 g/mol. The summed E-state index contributed by atoms with van der Waals surface area (Å²) in [4.78, 5) is 21.4. The number of nitrogens with one attached hydrogen (secondary N) is 1. The number of hydrogen-bond acceptors (Lipinski definition) is 4. The number of nitrogens with zero attached hydrogens (tertiary/aromatic N) is 1. The Balaban J connectivity index is 3.58. The van der Waals surface area contributed by atoms with Gasteiger partial charge in [-0.05, 0) is 13.3 Å². The first-order chi connectivity index (χ1) is 7.06. The Kier molecular flexibility index (Phi) is 7.46. The molecule has 1 amide bonds. The maximum absolute atomic E-state index is 11.2. The molecule has 0 aliphatic heterocycles. The zero-order chi connectivity index (χ0) is 11.7. The summed E-state index contributed by atoms with van der Waals surface area (Å²) in [5.74, 6) is -0.495. The van der Waals surface area contributed by atoms with Gasteiger partial charge in [0.2, 0.25) is 5.91 Å². The minimum absolute atomic E-state index is 0.0484. The molecule has 84 valence electrons. The summed E-state index contributed by atoms with van der Waals surface area (Å²) in [6.07, 6.45) is 0.469. The molecule has 0 aromatic carbocycles. The summed E-state index contributed by atoms with van der Waals surface area (Å²) < 4.78 is 0. The van der Waals surface area contributed by atoms with Crippen molar-refractivity contribution in [2.75, 3.05) is 11.5 Å². The van der Waals surface area contributed by atoms with Gasteiger partial charge in [0, 0.05) is 12.5 Å². The summed E-state index contributed by atoms with van der Waals surface area (Å²) in [5.41, 5.74) is 0. The van der Waals surface area contributed by atoms with Gasteiger partial charge in [0.15, 0.2) is 0 Å². The third kappa shape index (κ3) is 9.09. The molecule has 0 aromatic heterocycles. The van der Waals surface area contributed by atoms with Crippen molar-refractivity contribution in [1.29, 1.82) is 5.26 Å². The largest absolute Gasteiger partial charge is 0.481 e. The molecule has 0 aliphatic rings. The number of carboxylic acids is 1. The summed E-state index contributed by atoms with van der Waals surface area (Å²) in [6.45, 7) is 1.76. The van der Waals surface area contributed by atoms with E-state index in [-0.39, 0.29) is 29.9 Å². The molecule has 0 fully saturated rings. The maximum atomic E-state index is 11.2. The topological polar surface area (TPSA) is 90.2 Å². The highest BCUT2D eigenvalue weighted by molar-refractivity contribution is 8.00. The number of rotatable bonds is 7. The van der Waals surface area contributed by atoms with Gasteiger partial charge in [0.25, 0.3) is 0 Å². The fourth-order valence-electron chi connectivity index (χ4n) is 0.918. The molecule has 0 spiro atoms. The van der Waals surface area contributed by atoms with Crippen LogP contribution in [0.2, 0.25) is 0 Å². The Morgan fingerprint density at radius 3 is 2.80 bits per heavy atom. The van der Waals surface area contributed by atoms with E-state index in [4.69, 9.17) is 10.4 Å². The van der Waals surface area contributed by atoms with Crippen molar-refractivity contribution in [3.05, 3.63) is 0 Å². The number of nitriles is 1. The van der Waals surface area contributed by atoms with E-state index in [1.165, 1.54) is 11.8 Å². The van der Waals surface area contributed by atoms with E-state index in [9.17, 15) is 9.59 Å². The minimum atomic E-state index is -0.866. The van der Waals surface area contributed by atoms with Crippen molar-refractivity contribution in [2.24, 2.45) is 0 Å². The molecule has 1 atom stereocenters. The van der Waals surface area contributed by atoms with Gasteiger partial charge in [0.05, 0.1) is 17.6 Å². The van der Waals surface area contributed by atoms with Crippen LogP contribution >= 0.6 is 11.8 Å². The van der Waals surface area contributed by atoms with Gasteiger partial charge < -0.3 is 10.4 Å². The summed E-state index contributed by atoms with van der Waals surface area (Å²) in [5, 5.41) is 19.3. The molecule has 2 N–H and O–H groups in total. The predicted octanol–water partition coefficient (Wildman–Crippen LogP) is 0.613. The molecule has 0 radical (unpaired) electrons. The number of aliphatic carboxylic acids is 1. The monoisotopic (exact) mass is 230 g/mol. The molecule has 0 heterocycles. The second-order valence-corrected chi connectivity index (χ2v) is 4.04.